The van der Waals surface area contributed by atoms with Crippen LogP contribution in [0.25, 0.3) is 0 Å². The van der Waals surface area contributed by atoms with Crippen LogP contribution in [0, 0.1) is 6.92 Å². The van der Waals surface area contributed by atoms with Crippen molar-refractivity contribution in [1.29, 1.82) is 0 Å². The molecular weight excluding hydrogens is 604 g/mol. The fourth-order valence-corrected chi connectivity index (χ4v) is 5.76. The van der Waals surface area contributed by atoms with Gasteiger partial charge >= 0.3 is 0 Å². The Bertz CT molecular complexity index is 1320. The number of hydrogen-bond acceptors (Lipinski definition) is 16. The smallest absolute Gasteiger partial charge is 0.229 e. The summed E-state index contributed by atoms with van der Waals surface area (Å²) < 4.78 is 29.2. The van der Waals surface area contributed by atoms with Gasteiger partial charge in [-0.15, -0.1) is 0 Å². The molecule has 16 nitrogen and oxygen atoms in total. The molecule has 2 aromatic carbocycles. The molecule has 3 aliphatic heterocycles. The Labute approximate surface area is 256 Å². The number of aliphatic hydroxyl groups is 10. The van der Waals surface area contributed by atoms with Crippen LogP contribution in [0.2, 0.25) is 0 Å². The van der Waals surface area contributed by atoms with Gasteiger partial charge in [0.05, 0.1) is 37.1 Å². The van der Waals surface area contributed by atoms with Crippen LogP contribution in [0.1, 0.15) is 40.9 Å². The molecule has 2 aromatic rings. The maximum Gasteiger partial charge on any atom is 0.229 e. The Morgan fingerprint density at radius 2 is 1.22 bits per heavy atom. The molecule has 45 heavy (non-hydrogen) atoms. The van der Waals surface area contributed by atoms with Crippen molar-refractivity contribution >= 4 is 0 Å². The van der Waals surface area contributed by atoms with E-state index in [1.807, 2.05) is 0 Å². The van der Waals surface area contributed by atoms with E-state index in [1.54, 1.807) is 12.1 Å². The zero-order valence-corrected chi connectivity index (χ0v) is 24.0. The third-order valence-corrected chi connectivity index (χ3v) is 8.34. The molecule has 4 unspecified atom stereocenters. The average molecular weight is 643 g/mol. The molecule has 3 aliphatic rings. The van der Waals surface area contributed by atoms with Crippen LogP contribution in [-0.2, 0) is 16.1 Å². The average Bonchev–Trinajstić information content (AvgIpc) is 3.03. The van der Waals surface area contributed by atoms with Crippen LogP contribution in [0.3, 0.4) is 0 Å². The Hall–Kier alpha value is -2.84. The van der Waals surface area contributed by atoms with Gasteiger partial charge in [0.25, 0.3) is 0 Å². The minimum absolute atomic E-state index is 0.00436. The normalized spacial score (nSPS) is 36.6. The lowest BCUT2D eigenvalue weighted by atomic mass is 9.90. The lowest BCUT2D eigenvalue weighted by Crippen LogP contribution is -2.60. The number of phenols is 1. The van der Waals surface area contributed by atoms with Crippen molar-refractivity contribution in [3.63, 3.8) is 0 Å². The molecule has 0 saturated carbocycles. The molecule has 0 bridgehead atoms. The van der Waals surface area contributed by atoms with Gasteiger partial charge in [-0.2, -0.15) is 0 Å². The predicted molar refractivity (Wildman–Crippen MR) is 147 cm³/mol. The van der Waals surface area contributed by atoms with Crippen molar-refractivity contribution in [2.75, 3.05) is 13.2 Å². The molecule has 3 heterocycles. The molecule has 0 spiro atoms. The van der Waals surface area contributed by atoms with Crippen molar-refractivity contribution in [3.05, 3.63) is 46.5 Å². The molecule has 250 valence electrons. The fraction of sp³-hybridized carbons (Fsp3) is 0.586. The maximum absolute atomic E-state index is 11.4. The lowest BCUT2D eigenvalue weighted by molar-refractivity contribution is -0.279. The summed E-state index contributed by atoms with van der Waals surface area (Å²) in [6.45, 7) is -0.840. The number of ether oxygens (including phenoxy) is 5. The number of aliphatic hydroxyl groups excluding tert-OH is 10. The van der Waals surface area contributed by atoms with Crippen LogP contribution in [-0.4, -0.2) is 131 Å². The highest BCUT2D eigenvalue weighted by Gasteiger charge is 2.48. The monoisotopic (exact) mass is 642 g/mol. The number of benzene rings is 2. The molecule has 0 radical (unpaired) electrons. The van der Waals surface area contributed by atoms with Gasteiger partial charge in [0.1, 0.15) is 77.9 Å². The second-order valence-corrected chi connectivity index (χ2v) is 11.2. The van der Waals surface area contributed by atoms with Crippen molar-refractivity contribution in [2.45, 2.75) is 93.6 Å². The molecule has 0 amide bonds. The quantitative estimate of drug-likeness (QED) is 0.138. The van der Waals surface area contributed by atoms with E-state index in [0.29, 0.717) is 5.56 Å². The third-order valence-electron chi connectivity index (χ3n) is 8.34. The number of hydrogen-bond donors (Lipinski definition) is 11. The van der Waals surface area contributed by atoms with Crippen LogP contribution in [0.4, 0.5) is 0 Å². The van der Waals surface area contributed by atoms with Gasteiger partial charge < -0.3 is 79.9 Å². The fourth-order valence-electron chi connectivity index (χ4n) is 5.76. The Kier molecular flexibility index (Phi) is 10.0. The minimum atomic E-state index is -1.87. The minimum Gasteiger partial charge on any atom is -0.508 e. The first kappa shape index (κ1) is 33.5. The highest BCUT2D eigenvalue weighted by Crippen LogP contribution is 2.53. The van der Waals surface area contributed by atoms with E-state index in [-0.39, 0.29) is 46.1 Å². The highest BCUT2D eigenvalue weighted by atomic mass is 16.7. The molecule has 12 atom stereocenters. The summed E-state index contributed by atoms with van der Waals surface area (Å²) in [4.78, 5) is 0. The van der Waals surface area contributed by atoms with Gasteiger partial charge in [-0.05, 0) is 24.6 Å². The molecule has 16 heteroatoms. The third kappa shape index (κ3) is 6.17. The summed E-state index contributed by atoms with van der Waals surface area (Å²) in [6.07, 6.45) is -19.0. The Morgan fingerprint density at radius 3 is 1.71 bits per heavy atom. The van der Waals surface area contributed by atoms with Gasteiger partial charge in [0.2, 0.25) is 12.6 Å². The van der Waals surface area contributed by atoms with Crippen LogP contribution >= 0.6 is 0 Å². The van der Waals surface area contributed by atoms with Gasteiger partial charge in [0, 0.05) is 12.0 Å². The summed E-state index contributed by atoms with van der Waals surface area (Å²) >= 11 is 0. The molecule has 5 rings (SSSR count). The molecule has 0 aromatic heterocycles. The summed E-state index contributed by atoms with van der Waals surface area (Å²) in [6, 6.07) is 6.05. The second kappa shape index (κ2) is 13.5. The Balaban J connectivity index is 1.62. The zero-order valence-electron chi connectivity index (χ0n) is 24.0. The van der Waals surface area contributed by atoms with Crippen molar-refractivity contribution in [2.24, 2.45) is 0 Å². The largest absolute Gasteiger partial charge is 0.508 e. The topological polar surface area (TPSA) is 269 Å². The van der Waals surface area contributed by atoms with Crippen molar-refractivity contribution in [3.8, 4) is 23.0 Å². The second-order valence-electron chi connectivity index (χ2n) is 11.2. The van der Waals surface area contributed by atoms with E-state index >= 15 is 0 Å². The van der Waals surface area contributed by atoms with Gasteiger partial charge in [-0.25, -0.2) is 0 Å². The van der Waals surface area contributed by atoms with E-state index in [1.165, 1.54) is 19.1 Å². The maximum atomic E-state index is 11.4. The molecular formula is C29H38O16. The van der Waals surface area contributed by atoms with E-state index in [2.05, 4.69) is 0 Å². The van der Waals surface area contributed by atoms with Crippen molar-refractivity contribution < 1.29 is 79.9 Å². The van der Waals surface area contributed by atoms with E-state index in [4.69, 9.17) is 23.7 Å². The highest BCUT2D eigenvalue weighted by molar-refractivity contribution is 5.64. The molecule has 0 aliphatic carbocycles. The molecule has 2 fully saturated rings. The summed E-state index contributed by atoms with van der Waals surface area (Å²) in [7, 11) is 0. The lowest BCUT2D eigenvalue weighted by Gasteiger charge is -2.42. The summed E-state index contributed by atoms with van der Waals surface area (Å²) in [5, 5.41) is 113. The van der Waals surface area contributed by atoms with Crippen molar-refractivity contribution in [1.82, 2.24) is 0 Å². The van der Waals surface area contributed by atoms with Crippen LogP contribution < -0.4 is 14.2 Å². The van der Waals surface area contributed by atoms with E-state index in [0.717, 1.165) is 0 Å². The van der Waals surface area contributed by atoms with E-state index in [9.17, 15) is 56.2 Å². The zero-order chi connectivity index (χ0) is 32.7. The number of phenolic OH excluding ortho intramolecular Hbond substituents is 1. The first-order valence-corrected chi connectivity index (χ1v) is 14.3. The predicted octanol–water partition coefficient (Wildman–Crippen LogP) is -2.89. The SMILES string of the molecule is Cc1c(O[C@@H]2OC(CO)[C@@H](O)[C@H](O)C2O)c(CO)c(O[C@@H]2OC(CO)[C@@H](O)[C@H](O)C2O)c2c1O[C@@H](c1ccc(O)cc1)C[C@@H]2O. The summed E-state index contributed by atoms with van der Waals surface area (Å²) in [5.41, 5.74) is 0.557. The van der Waals surface area contributed by atoms with Crippen LogP contribution in [0.15, 0.2) is 24.3 Å². The number of aromatic hydroxyl groups is 1. The van der Waals surface area contributed by atoms with Gasteiger partial charge in [-0.1, -0.05) is 12.1 Å². The first-order chi connectivity index (χ1) is 21.4. The summed E-state index contributed by atoms with van der Waals surface area (Å²) in [5.74, 6) is -0.551. The van der Waals surface area contributed by atoms with Gasteiger partial charge in [0.15, 0.2) is 0 Å². The number of fused-ring (bicyclic) bond motifs is 1. The van der Waals surface area contributed by atoms with E-state index < -0.39 is 93.4 Å². The van der Waals surface area contributed by atoms with Crippen LogP contribution in [0.5, 0.6) is 23.0 Å². The molecule has 11 N–H and O–H groups in total. The van der Waals surface area contributed by atoms with Gasteiger partial charge in [-0.3, -0.25) is 0 Å². The standard InChI is InChI=1S/C29H38O16/c1-10-25(44-28-23(39)21(37)19(35)16(8-31)42-28)13(7-30)27(45-29-24(40)22(38)20(36)17(9-32)43-29)18-14(34)6-15(41-26(10)18)11-2-4-12(33)5-3-11/h2-5,14-17,19-24,28-40H,6-9H2,1H3/t14-,15+,16?,17?,19+,20+,21-,22-,23?,24?,28-,29-/m0/s1. The molecule has 2 saturated heterocycles. The number of rotatable bonds is 8. The Morgan fingerprint density at radius 1 is 0.711 bits per heavy atom. The first-order valence-electron chi connectivity index (χ1n) is 14.3.